The van der Waals surface area contributed by atoms with E-state index in [1.165, 1.54) is 32.1 Å². The van der Waals surface area contributed by atoms with Crippen molar-refractivity contribution in [3.05, 3.63) is 0 Å². The van der Waals surface area contributed by atoms with Crippen LogP contribution in [-0.4, -0.2) is 61.0 Å². The SMILES string of the molecule is CNCC1C(=O)N(C)C(C)CCN1C1CCCCC1. The minimum atomic E-state index is 0.0306. The van der Waals surface area contributed by atoms with Crippen LogP contribution in [0.3, 0.4) is 0 Å². The summed E-state index contributed by atoms with van der Waals surface area (Å²) in [7, 11) is 3.90. The van der Waals surface area contributed by atoms with Crippen molar-refractivity contribution in [2.24, 2.45) is 0 Å². The highest BCUT2D eigenvalue weighted by atomic mass is 16.2. The molecule has 0 spiro atoms. The van der Waals surface area contributed by atoms with Crippen LogP contribution in [0.1, 0.15) is 45.4 Å². The summed E-state index contributed by atoms with van der Waals surface area (Å²) in [6.45, 7) is 4.00. The van der Waals surface area contributed by atoms with Gasteiger partial charge in [0.05, 0.1) is 0 Å². The molecule has 0 bridgehead atoms. The number of nitrogens with one attached hydrogen (secondary N) is 1. The van der Waals surface area contributed by atoms with Gasteiger partial charge in [-0.1, -0.05) is 19.3 Å². The first-order valence-corrected chi connectivity index (χ1v) is 7.82. The van der Waals surface area contributed by atoms with Crippen molar-refractivity contribution in [3.8, 4) is 0 Å². The zero-order valence-electron chi connectivity index (χ0n) is 12.7. The first-order valence-electron chi connectivity index (χ1n) is 7.82. The van der Waals surface area contributed by atoms with Gasteiger partial charge >= 0.3 is 0 Å². The van der Waals surface area contributed by atoms with Crippen molar-refractivity contribution in [2.75, 3.05) is 27.2 Å². The Morgan fingerprint density at radius 3 is 2.53 bits per heavy atom. The zero-order valence-corrected chi connectivity index (χ0v) is 12.7. The summed E-state index contributed by atoms with van der Waals surface area (Å²) in [6, 6.07) is 1.01. The second-order valence-corrected chi connectivity index (χ2v) is 6.19. The molecule has 1 aliphatic heterocycles. The quantitative estimate of drug-likeness (QED) is 0.841. The number of hydrogen-bond donors (Lipinski definition) is 1. The van der Waals surface area contributed by atoms with Crippen molar-refractivity contribution >= 4 is 5.91 Å². The molecule has 0 aromatic rings. The molecule has 1 amide bonds. The highest BCUT2D eigenvalue weighted by molar-refractivity contribution is 5.82. The van der Waals surface area contributed by atoms with Crippen LogP contribution in [0.4, 0.5) is 0 Å². The summed E-state index contributed by atoms with van der Waals surface area (Å²) in [5, 5.41) is 3.21. The minimum absolute atomic E-state index is 0.0306. The van der Waals surface area contributed by atoms with Crippen LogP contribution in [0.5, 0.6) is 0 Å². The summed E-state index contributed by atoms with van der Waals surface area (Å²) >= 11 is 0. The van der Waals surface area contributed by atoms with Gasteiger partial charge in [0, 0.05) is 32.2 Å². The third-order valence-electron chi connectivity index (χ3n) is 4.94. The molecule has 19 heavy (non-hydrogen) atoms. The Morgan fingerprint density at radius 1 is 1.21 bits per heavy atom. The number of hydrogen-bond acceptors (Lipinski definition) is 3. The molecule has 4 heteroatoms. The summed E-state index contributed by atoms with van der Waals surface area (Å²) < 4.78 is 0. The lowest BCUT2D eigenvalue weighted by atomic mass is 9.93. The topological polar surface area (TPSA) is 35.6 Å². The highest BCUT2D eigenvalue weighted by Gasteiger charge is 2.37. The molecule has 2 atom stereocenters. The van der Waals surface area contributed by atoms with Gasteiger partial charge in [-0.2, -0.15) is 0 Å². The van der Waals surface area contributed by atoms with E-state index in [2.05, 4.69) is 17.1 Å². The molecule has 4 nitrogen and oxygen atoms in total. The average molecular weight is 267 g/mol. The van der Waals surface area contributed by atoms with Crippen molar-refractivity contribution in [1.82, 2.24) is 15.1 Å². The van der Waals surface area contributed by atoms with E-state index >= 15 is 0 Å². The number of likely N-dealkylation sites (N-methyl/N-ethyl adjacent to an activating group) is 2. The van der Waals surface area contributed by atoms with Crippen molar-refractivity contribution in [2.45, 2.75) is 63.6 Å². The van der Waals surface area contributed by atoms with Gasteiger partial charge in [0.2, 0.25) is 5.91 Å². The molecule has 2 aliphatic rings. The Hall–Kier alpha value is -0.610. The lowest BCUT2D eigenvalue weighted by molar-refractivity contribution is -0.136. The van der Waals surface area contributed by atoms with E-state index in [1.807, 2.05) is 19.0 Å². The van der Waals surface area contributed by atoms with Gasteiger partial charge in [0.25, 0.3) is 0 Å². The summed E-state index contributed by atoms with van der Waals surface area (Å²) in [6.07, 6.45) is 7.65. The van der Waals surface area contributed by atoms with E-state index in [0.717, 1.165) is 19.5 Å². The van der Waals surface area contributed by atoms with Crippen molar-refractivity contribution < 1.29 is 4.79 Å². The Bertz CT molecular complexity index is 302. The van der Waals surface area contributed by atoms with Crippen LogP contribution in [-0.2, 0) is 4.79 Å². The molecule has 1 saturated heterocycles. The van der Waals surface area contributed by atoms with E-state index in [9.17, 15) is 4.79 Å². The summed E-state index contributed by atoms with van der Waals surface area (Å²) in [4.78, 5) is 17.1. The van der Waals surface area contributed by atoms with E-state index in [-0.39, 0.29) is 6.04 Å². The highest BCUT2D eigenvalue weighted by Crippen LogP contribution is 2.27. The molecular weight excluding hydrogens is 238 g/mol. The number of nitrogens with zero attached hydrogens (tertiary/aromatic N) is 2. The van der Waals surface area contributed by atoms with Crippen LogP contribution in [0.15, 0.2) is 0 Å². The Labute approximate surface area is 117 Å². The lowest BCUT2D eigenvalue weighted by Crippen LogP contribution is -2.54. The van der Waals surface area contributed by atoms with Crippen LogP contribution in [0, 0.1) is 0 Å². The molecule has 0 aromatic carbocycles. The second kappa shape index (κ2) is 6.71. The van der Waals surface area contributed by atoms with Crippen LogP contribution in [0.2, 0.25) is 0 Å². The van der Waals surface area contributed by atoms with Gasteiger partial charge in [-0.3, -0.25) is 9.69 Å². The predicted octanol–water partition coefficient (Wildman–Crippen LogP) is 1.46. The minimum Gasteiger partial charge on any atom is -0.342 e. The van der Waals surface area contributed by atoms with Crippen molar-refractivity contribution in [1.29, 1.82) is 0 Å². The largest absolute Gasteiger partial charge is 0.342 e. The molecule has 1 saturated carbocycles. The number of rotatable bonds is 3. The number of amides is 1. The fourth-order valence-electron chi connectivity index (χ4n) is 3.53. The third kappa shape index (κ3) is 3.29. The fraction of sp³-hybridized carbons (Fsp3) is 0.933. The average Bonchev–Trinajstić information content (AvgIpc) is 2.54. The Balaban J connectivity index is 2.15. The van der Waals surface area contributed by atoms with Crippen LogP contribution in [0.25, 0.3) is 0 Å². The normalized spacial score (nSPS) is 31.5. The molecule has 0 aromatic heterocycles. The molecule has 1 N–H and O–H groups in total. The van der Waals surface area contributed by atoms with Gasteiger partial charge in [-0.15, -0.1) is 0 Å². The maximum absolute atomic E-state index is 12.6. The van der Waals surface area contributed by atoms with Gasteiger partial charge in [0.1, 0.15) is 6.04 Å². The first-order chi connectivity index (χ1) is 9.15. The maximum Gasteiger partial charge on any atom is 0.241 e. The molecule has 110 valence electrons. The van der Waals surface area contributed by atoms with Gasteiger partial charge in [0.15, 0.2) is 0 Å². The van der Waals surface area contributed by atoms with E-state index in [1.54, 1.807) is 0 Å². The molecule has 2 rings (SSSR count). The van der Waals surface area contributed by atoms with E-state index in [4.69, 9.17) is 0 Å². The maximum atomic E-state index is 12.6. The van der Waals surface area contributed by atoms with E-state index < -0.39 is 0 Å². The molecule has 2 unspecified atom stereocenters. The number of carbonyl (C=O) groups is 1. The molecular formula is C15H29N3O. The Kier molecular flexibility index (Phi) is 5.22. The van der Waals surface area contributed by atoms with Gasteiger partial charge in [-0.05, 0) is 33.2 Å². The standard InChI is InChI=1S/C15H29N3O/c1-12-9-10-18(13-7-5-4-6-8-13)14(11-16-2)15(19)17(12)3/h12-14,16H,4-11H2,1-3H3. The van der Waals surface area contributed by atoms with E-state index in [0.29, 0.717) is 18.0 Å². The summed E-state index contributed by atoms with van der Waals surface area (Å²) in [5.74, 6) is 0.296. The predicted molar refractivity (Wildman–Crippen MR) is 78.1 cm³/mol. The van der Waals surface area contributed by atoms with Crippen LogP contribution < -0.4 is 5.32 Å². The van der Waals surface area contributed by atoms with Crippen LogP contribution >= 0.6 is 0 Å². The Morgan fingerprint density at radius 2 is 1.89 bits per heavy atom. The lowest BCUT2D eigenvalue weighted by Gasteiger charge is -2.38. The smallest absolute Gasteiger partial charge is 0.241 e. The third-order valence-corrected chi connectivity index (χ3v) is 4.94. The first kappa shape index (κ1) is 14.8. The van der Waals surface area contributed by atoms with Gasteiger partial charge in [-0.25, -0.2) is 0 Å². The van der Waals surface area contributed by atoms with Crippen molar-refractivity contribution in [3.63, 3.8) is 0 Å². The fourth-order valence-corrected chi connectivity index (χ4v) is 3.53. The number of carbonyl (C=O) groups excluding carboxylic acids is 1. The second-order valence-electron chi connectivity index (χ2n) is 6.19. The molecule has 1 heterocycles. The molecule has 2 fully saturated rings. The zero-order chi connectivity index (χ0) is 13.8. The molecule has 1 aliphatic carbocycles. The molecule has 0 radical (unpaired) electrons. The van der Waals surface area contributed by atoms with Gasteiger partial charge < -0.3 is 10.2 Å². The monoisotopic (exact) mass is 267 g/mol. The summed E-state index contributed by atoms with van der Waals surface area (Å²) in [5.41, 5.74) is 0.